The SMILES string of the molecule is O=C(O)c1ccc(O)cc1S(=O)(=O)O.[Na]. The van der Waals surface area contributed by atoms with Crippen molar-refractivity contribution in [2.24, 2.45) is 0 Å². The van der Waals surface area contributed by atoms with Gasteiger partial charge < -0.3 is 10.2 Å². The van der Waals surface area contributed by atoms with Crippen molar-refractivity contribution < 1.29 is 28.0 Å². The number of phenols is 1. The summed E-state index contributed by atoms with van der Waals surface area (Å²) in [5, 5.41) is 17.5. The Hall–Kier alpha value is -0.600. The molecule has 1 aromatic rings. The first kappa shape index (κ1) is 14.4. The van der Waals surface area contributed by atoms with Crippen molar-refractivity contribution in [1.82, 2.24) is 0 Å². The average molecular weight is 241 g/mol. The summed E-state index contributed by atoms with van der Waals surface area (Å²) in [4.78, 5) is 9.69. The van der Waals surface area contributed by atoms with E-state index in [1.807, 2.05) is 0 Å². The Morgan fingerprint density at radius 2 is 1.80 bits per heavy atom. The third-order valence-corrected chi connectivity index (χ3v) is 2.37. The minimum atomic E-state index is -4.64. The summed E-state index contributed by atoms with van der Waals surface area (Å²) >= 11 is 0. The van der Waals surface area contributed by atoms with E-state index >= 15 is 0 Å². The number of hydrogen-bond acceptors (Lipinski definition) is 4. The Labute approximate surface area is 108 Å². The first-order chi connectivity index (χ1) is 6.32. The molecule has 77 valence electrons. The Morgan fingerprint density at radius 1 is 1.27 bits per heavy atom. The molecule has 0 saturated heterocycles. The minimum absolute atomic E-state index is 0. The second-order valence-electron chi connectivity index (χ2n) is 2.46. The van der Waals surface area contributed by atoms with E-state index in [1.165, 1.54) is 0 Å². The monoisotopic (exact) mass is 241 g/mol. The zero-order chi connectivity index (χ0) is 10.9. The standard InChI is InChI=1S/C7H6O6S.Na/c8-4-1-2-5(7(9)10)6(3-4)14(11,12)13;/h1-3,8H,(H,9,10)(H,11,12,13);. The van der Waals surface area contributed by atoms with Gasteiger partial charge in [-0.05, 0) is 12.1 Å². The largest absolute Gasteiger partial charge is 0.508 e. The molecule has 8 heteroatoms. The Bertz CT molecular complexity index is 480. The van der Waals surface area contributed by atoms with Crippen molar-refractivity contribution in [3.05, 3.63) is 23.8 Å². The molecule has 0 unspecified atom stereocenters. The van der Waals surface area contributed by atoms with Crippen LogP contribution in [0.2, 0.25) is 0 Å². The molecule has 0 heterocycles. The fraction of sp³-hybridized carbons (Fsp3) is 0. The van der Waals surface area contributed by atoms with E-state index < -0.39 is 32.3 Å². The molecular weight excluding hydrogens is 235 g/mol. The van der Waals surface area contributed by atoms with Crippen LogP contribution in [-0.4, -0.2) is 58.7 Å². The zero-order valence-corrected chi connectivity index (χ0v) is 10.5. The van der Waals surface area contributed by atoms with Gasteiger partial charge in [-0.15, -0.1) is 0 Å². The van der Waals surface area contributed by atoms with Crippen LogP contribution in [0.5, 0.6) is 5.75 Å². The summed E-state index contributed by atoms with van der Waals surface area (Å²) in [5.74, 6) is -1.94. The topological polar surface area (TPSA) is 112 Å². The molecule has 0 aromatic heterocycles. The molecule has 0 aliphatic carbocycles. The van der Waals surface area contributed by atoms with Gasteiger partial charge in [0.1, 0.15) is 10.6 Å². The predicted molar refractivity (Wildman–Crippen MR) is 50.6 cm³/mol. The summed E-state index contributed by atoms with van der Waals surface area (Å²) in [6, 6.07) is 2.57. The van der Waals surface area contributed by atoms with E-state index in [0.717, 1.165) is 12.1 Å². The van der Waals surface area contributed by atoms with Crippen molar-refractivity contribution in [3.63, 3.8) is 0 Å². The molecule has 0 spiro atoms. The zero-order valence-electron chi connectivity index (χ0n) is 7.71. The van der Waals surface area contributed by atoms with Gasteiger partial charge in [0.15, 0.2) is 0 Å². The van der Waals surface area contributed by atoms with Gasteiger partial charge in [-0.3, -0.25) is 4.55 Å². The number of aromatic hydroxyl groups is 1. The van der Waals surface area contributed by atoms with Crippen LogP contribution in [0.3, 0.4) is 0 Å². The van der Waals surface area contributed by atoms with Gasteiger partial charge in [0, 0.05) is 35.6 Å². The predicted octanol–water partition coefficient (Wildman–Crippen LogP) is -0.0437. The van der Waals surface area contributed by atoms with Gasteiger partial charge in [0.05, 0.1) is 5.56 Å². The molecule has 0 fully saturated rings. The van der Waals surface area contributed by atoms with E-state index in [2.05, 4.69) is 0 Å². The molecule has 0 amide bonds. The number of carbonyl (C=O) groups is 1. The molecule has 0 bridgehead atoms. The molecule has 3 N–H and O–H groups in total. The fourth-order valence-corrected chi connectivity index (χ4v) is 1.60. The van der Waals surface area contributed by atoms with Crippen molar-refractivity contribution in [1.29, 1.82) is 0 Å². The third kappa shape index (κ3) is 3.47. The summed E-state index contributed by atoms with van der Waals surface area (Å²) in [6.07, 6.45) is 0. The Morgan fingerprint density at radius 3 is 2.20 bits per heavy atom. The number of rotatable bonds is 2. The summed E-state index contributed by atoms with van der Waals surface area (Å²) in [5.41, 5.74) is -0.592. The van der Waals surface area contributed by atoms with Gasteiger partial charge in [0.2, 0.25) is 0 Å². The van der Waals surface area contributed by atoms with E-state index in [0.29, 0.717) is 6.07 Å². The van der Waals surface area contributed by atoms with E-state index in [9.17, 15) is 13.2 Å². The van der Waals surface area contributed by atoms with Crippen molar-refractivity contribution in [2.45, 2.75) is 4.90 Å². The van der Waals surface area contributed by atoms with E-state index in [1.54, 1.807) is 0 Å². The van der Waals surface area contributed by atoms with Crippen LogP contribution in [0, 0.1) is 0 Å². The number of benzene rings is 1. The van der Waals surface area contributed by atoms with Crippen LogP contribution in [0.1, 0.15) is 10.4 Å². The normalized spacial score (nSPS) is 10.5. The van der Waals surface area contributed by atoms with Crippen LogP contribution >= 0.6 is 0 Å². The number of phenolic OH excluding ortho intramolecular Hbond substituents is 1. The van der Waals surface area contributed by atoms with Crippen LogP contribution in [-0.2, 0) is 10.1 Å². The summed E-state index contributed by atoms with van der Waals surface area (Å²) in [7, 11) is -4.64. The van der Waals surface area contributed by atoms with E-state index in [-0.39, 0.29) is 29.6 Å². The molecule has 1 radical (unpaired) electrons. The Kier molecular flexibility index (Phi) is 4.75. The smallest absolute Gasteiger partial charge is 0.337 e. The van der Waals surface area contributed by atoms with E-state index in [4.69, 9.17) is 14.8 Å². The second kappa shape index (κ2) is 4.95. The minimum Gasteiger partial charge on any atom is -0.508 e. The molecular formula is C7H6NaO6S. The van der Waals surface area contributed by atoms with Crippen molar-refractivity contribution in [3.8, 4) is 5.75 Å². The first-order valence-electron chi connectivity index (χ1n) is 3.36. The average Bonchev–Trinajstić information content (AvgIpc) is 2.01. The van der Waals surface area contributed by atoms with Crippen molar-refractivity contribution in [2.75, 3.05) is 0 Å². The van der Waals surface area contributed by atoms with Crippen molar-refractivity contribution >= 4 is 45.6 Å². The first-order valence-corrected chi connectivity index (χ1v) is 4.80. The molecule has 0 aliphatic heterocycles. The van der Waals surface area contributed by atoms with Gasteiger partial charge in [-0.2, -0.15) is 8.42 Å². The molecule has 0 atom stereocenters. The van der Waals surface area contributed by atoms with Crippen LogP contribution < -0.4 is 0 Å². The molecule has 6 nitrogen and oxygen atoms in total. The summed E-state index contributed by atoms with van der Waals surface area (Å²) < 4.78 is 30.0. The third-order valence-electron chi connectivity index (χ3n) is 1.47. The molecule has 1 aromatic carbocycles. The van der Waals surface area contributed by atoms with Crippen LogP contribution in [0.15, 0.2) is 23.1 Å². The fourth-order valence-electron chi connectivity index (χ4n) is 0.901. The maximum atomic E-state index is 10.7. The molecule has 0 aliphatic rings. The van der Waals surface area contributed by atoms with Gasteiger partial charge in [0.25, 0.3) is 10.1 Å². The molecule has 0 saturated carbocycles. The number of carboxylic acids is 1. The van der Waals surface area contributed by atoms with Gasteiger partial charge in [-0.1, -0.05) is 0 Å². The number of aromatic carboxylic acids is 1. The Balaban J connectivity index is 0.00000196. The molecule has 15 heavy (non-hydrogen) atoms. The van der Waals surface area contributed by atoms with Gasteiger partial charge >= 0.3 is 5.97 Å². The quantitative estimate of drug-likeness (QED) is 0.494. The van der Waals surface area contributed by atoms with Crippen LogP contribution in [0.25, 0.3) is 0 Å². The second-order valence-corrected chi connectivity index (χ2v) is 3.85. The number of carboxylic acid groups (broad SMARTS) is 1. The molecule has 1 rings (SSSR count). The number of hydrogen-bond donors (Lipinski definition) is 3. The maximum Gasteiger partial charge on any atom is 0.337 e. The van der Waals surface area contributed by atoms with Crippen LogP contribution in [0.4, 0.5) is 0 Å². The summed E-state index contributed by atoms with van der Waals surface area (Å²) in [6.45, 7) is 0. The maximum absolute atomic E-state index is 10.7. The van der Waals surface area contributed by atoms with Gasteiger partial charge in [-0.25, -0.2) is 4.79 Å².